The summed E-state index contributed by atoms with van der Waals surface area (Å²) in [6.45, 7) is 1.75. The molecule has 0 spiro atoms. The van der Waals surface area contributed by atoms with Gasteiger partial charge in [0.15, 0.2) is 0 Å². The molecule has 1 aromatic heterocycles. The van der Waals surface area contributed by atoms with Gasteiger partial charge in [-0.1, -0.05) is 24.6 Å². The van der Waals surface area contributed by atoms with Crippen LogP contribution < -0.4 is 13.8 Å². The fourth-order valence-corrected chi connectivity index (χ4v) is 4.81. The van der Waals surface area contributed by atoms with Gasteiger partial charge in [0, 0.05) is 12.0 Å². The van der Waals surface area contributed by atoms with E-state index in [2.05, 4.69) is 4.98 Å². The molecule has 5 nitrogen and oxygen atoms in total. The molecule has 3 rings (SSSR count). The minimum Gasteiger partial charge on any atom is -0.497 e. The van der Waals surface area contributed by atoms with Gasteiger partial charge in [0.1, 0.15) is 28.2 Å². The third kappa shape index (κ3) is 5.22. The molecular formula is C21H22ClF3N2O3S. The maximum absolute atomic E-state index is 14.9. The van der Waals surface area contributed by atoms with Crippen molar-refractivity contribution < 1.29 is 27.8 Å². The summed E-state index contributed by atoms with van der Waals surface area (Å²) in [6.07, 6.45) is -0.371. The number of benzene rings is 1. The first-order valence-electron chi connectivity index (χ1n) is 9.41. The highest BCUT2D eigenvalue weighted by molar-refractivity contribution is 8.01. The molecule has 0 saturated carbocycles. The van der Waals surface area contributed by atoms with Gasteiger partial charge in [-0.3, -0.25) is 4.31 Å². The number of aromatic nitrogens is 1. The van der Waals surface area contributed by atoms with E-state index in [9.17, 15) is 18.3 Å². The molecule has 1 aliphatic carbocycles. The van der Waals surface area contributed by atoms with Gasteiger partial charge in [0.25, 0.3) is 0 Å². The van der Waals surface area contributed by atoms with Crippen LogP contribution in [0.3, 0.4) is 0 Å². The first-order valence-corrected chi connectivity index (χ1v) is 10.6. The molecule has 1 aromatic carbocycles. The van der Waals surface area contributed by atoms with Gasteiger partial charge in [0.05, 0.1) is 26.0 Å². The molecule has 2 aromatic rings. The topological polar surface area (TPSA) is 54.8 Å². The van der Waals surface area contributed by atoms with E-state index in [1.807, 2.05) is 0 Å². The van der Waals surface area contributed by atoms with Crippen LogP contribution in [0.1, 0.15) is 18.9 Å². The molecule has 0 amide bonds. The predicted octanol–water partition coefficient (Wildman–Crippen LogP) is 5.38. The minimum atomic E-state index is -2.92. The standard InChI is InChI=1S/C21H22ClF3N2O3S/c1-12-10-21(25,28)20(22)18(24)19(12)31-27(17-6-4-5-16(23)26-17)11-13-9-14(29-2)7-8-15(13)30-3/h4-9,12,19,28H,10-11H2,1-3H3/t12?,19?,21-/m1/s1. The maximum atomic E-state index is 14.9. The molecule has 0 radical (unpaired) electrons. The van der Waals surface area contributed by atoms with Crippen molar-refractivity contribution in [3.8, 4) is 11.5 Å². The van der Waals surface area contributed by atoms with Gasteiger partial charge in [0.2, 0.25) is 11.8 Å². The van der Waals surface area contributed by atoms with Crippen LogP contribution in [0.25, 0.3) is 0 Å². The van der Waals surface area contributed by atoms with E-state index in [4.69, 9.17) is 21.1 Å². The van der Waals surface area contributed by atoms with Crippen LogP contribution in [0.4, 0.5) is 19.0 Å². The van der Waals surface area contributed by atoms with Crippen LogP contribution >= 0.6 is 23.5 Å². The van der Waals surface area contributed by atoms with Crippen LogP contribution in [0, 0.1) is 11.9 Å². The minimum absolute atomic E-state index is 0.148. The van der Waals surface area contributed by atoms with Gasteiger partial charge in [-0.2, -0.15) is 4.39 Å². The SMILES string of the molecule is COc1ccc(OC)c(CN(SC2C(F)=C(Cl)[C@@](O)(F)CC2C)c2cccc(F)n2)c1. The van der Waals surface area contributed by atoms with Crippen molar-refractivity contribution in [2.45, 2.75) is 31.0 Å². The van der Waals surface area contributed by atoms with Crippen LogP contribution in [0.2, 0.25) is 0 Å². The second-order valence-electron chi connectivity index (χ2n) is 7.16. The highest BCUT2D eigenvalue weighted by Crippen LogP contribution is 2.47. The number of methoxy groups -OCH3 is 2. The molecule has 0 aliphatic heterocycles. The van der Waals surface area contributed by atoms with Crippen LogP contribution in [0.15, 0.2) is 47.3 Å². The Morgan fingerprint density at radius 1 is 1.26 bits per heavy atom. The molecule has 1 N–H and O–H groups in total. The number of rotatable bonds is 7. The fraction of sp³-hybridized carbons (Fsp3) is 0.381. The lowest BCUT2D eigenvalue weighted by atomic mass is 9.91. The number of aliphatic hydroxyl groups is 1. The lowest BCUT2D eigenvalue weighted by molar-refractivity contribution is -0.0705. The van der Waals surface area contributed by atoms with Crippen LogP contribution in [-0.2, 0) is 6.54 Å². The van der Waals surface area contributed by atoms with E-state index in [-0.39, 0.29) is 18.8 Å². The van der Waals surface area contributed by atoms with Gasteiger partial charge >= 0.3 is 0 Å². The zero-order chi connectivity index (χ0) is 22.8. The molecule has 0 fully saturated rings. The van der Waals surface area contributed by atoms with Crippen molar-refractivity contribution in [3.63, 3.8) is 0 Å². The Labute approximate surface area is 188 Å². The Hall–Kier alpha value is -2.10. The molecule has 3 atom stereocenters. The third-order valence-corrected chi connectivity index (χ3v) is 6.84. The number of nitrogens with zero attached hydrogens (tertiary/aromatic N) is 2. The van der Waals surface area contributed by atoms with E-state index >= 15 is 0 Å². The number of pyridine rings is 1. The lowest BCUT2D eigenvalue weighted by Gasteiger charge is -2.36. The largest absolute Gasteiger partial charge is 0.497 e. The summed E-state index contributed by atoms with van der Waals surface area (Å²) in [6, 6.07) is 9.45. The van der Waals surface area contributed by atoms with Crippen molar-refractivity contribution >= 4 is 29.4 Å². The monoisotopic (exact) mass is 474 g/mol. The summed E-state index contributed by atoms with van der Waals surface area (Å²) < 4.78 is 55.2. The quantitative estimate of drug-likeness (QED) is 0.429. The van der Waals surface area contributed by atoms with E-state index in [0.29, 0.717) is 17.1 Å². The molecule has 1 heterocycles. The number of halogens is 4. The number of hydrogen-bond acceptors (Lipinski definition) is 6. The molecule has 168 valence electrons. The van der Waals surface area contributed by atoms with Crippen molar-refractivity contribution in [1.82, 2.24) is 4.98 Å². The molecule has 10 heteroatoms. The van der Waals surface area contributed by atoms with Gasteiger partial charge < -0.3 is 14.6 Å². The van der Waals surface area contributed by atoms with Crippen molar-refractivity contribution in [1.29, 1.82) is 0 Å². The first-order chi connectivity index (χ1) is 14.7. The second-order valence-corrected chi connectivity index (χ2v) is 8.70. The third-order valence-electron chi connectivity index (χ3n) is 4.90. The summed E-state index contributed by atoms with van der Waals surface area (Å²) in [7, 11) is 3.03. The number of hydrogen-bond donors (Lipinski definition) is 1. The van der Waals surface area contributed by atoms with Gasteiger partial charge in [-0.05, 0) is 48.2 Å². The first kappa shape index (κ1) is 23.6. The van der Waals surface area contributed by atoms with Crippen molar-refractivity contribution in [2.24, 2.45) is 5.92 Å². The molecule has 1 aliphatic rings. The molecule has 0 bridgehead atoms. The van der Waals surface area contributed by atoms with Crippen LogP contribution in [-0.4, -0.2) is 35.4 Å². The smallest absolute Gasteiger partial charge is 0.246 e. The summed E-state index contributed by atoms with van der Waals surface area (Å²) >= 11 is 6.74. The van der Waals surface area contributed by atoms with Crippen molar-refractivity contribution in [2.75, 3.05) is 18.5 Å². The Morgan fingerprint density at radius 3 is 2.65 bits per heavy atom. The number of alkyl halides is 1. The number of anilines is 1. The Bertz CT molecular complexity index is 977. The van der Waals surface area contributed by atoms with Crippen molar-refractivity contribution in [3.05, 3.63) is 58.8 Å². The predicted molar refractivity (Wildman–Crippen MR) is 115 cm³/mol. The van der Waals surface area contributed by atoms with E-state index in [1.165, 1.54) is 26.4 Å². The summed E-state index contributed by atoms with van der Waals surface area (Å²) in [5.74, 6) is -3.83. The average Bonchev–Trinajstić information content (AvgIpc) is 2.74. The van der Waals surface area contributed by atoms with Gasteiger partial charge in [-0.15, -0.1) is 0 Å². The summed E-state index contributed by atoms with van der Waals surface area (Å²) in [5, 5.41) is 7.96. The van der Waals surface area contributed by atoms with E-state index < -0.39 is 33.8 Å². The highest BCUT2D eigenvalue weighted by atomic mass is 35.5. The summed E-state index contributed by atoms with van der Waals surface area (Å²) in [4.78, 5) is 3.90. The highest BCUT2D eigenvalue weighted by Gasteiger charge is 2.45. The Balaban J connectivity index is 2.00. The number of ether oxygens (including phenoxy) is 2. The summed E-state index contributed by atoms with van der Waals surface area (Å²) in [5.41, 5.74) is 0.682. The molecule has 0 saturated heterocycles. The second kappa shape index (κ2) is 9.58. The van der Waals surface area contributed by atoms with E-state index in [0.717, 1.165) is 11.9 Å². The zero-order valence-corrected chi connectivity index (χ0v) is 18.7. The molecule has 2 unspecified atom stereocenters. The maximum Gasteiger partial charge on any atom is 0.246 e. The normalized spacial score (nSPS) is 23.6. The fourth-order valence-electron chi connectivity index (χ4n) is 3.34. The molecular weight excluding hydrogens is 453 g/mol. The van der Waals surface area contributed by atoms with Gasteiger partial charge in [-0.25, -0.2) is 13.8 Å². The Morgan fingerprint density at radius 2 is 2.00 bits per heavy atom. The molecule has 31 heavy (non-hydrogen) atoms. The van der Waals surface area contributed by atoms with E-state index in [1.54, 1.807) is 35.5 Å². The average molecular weight is 475 g/mol. The zero-order valence-electron chi connectivity index (χ0n) is 17.1. The Kier molecular flexibility index (Phi) is 7.28. The lowest BCUT2D eigenvalue weighted by Crippen LogP contribution is -2.38. The van der Waals surface area contributed by atoms with Crippen LogP contribution in [0.5, 0.6) is 11.5 Å².